The molecule has 55 heavy (non-hydrogen) atoms. The first-order valence-corrected chi connectivity index (χ1v) is 22.4. The summed E-state index contributed by atoms with van der Waals surface area (Å²) in [5.41, 5.74) is 19.0. The topological polar surface area (TPSA) is 200 Å². The normalized spacial score (nSPS) is 11.0. The predicted molar refractivity (Wildman–Crippen MR) is 223 cm³/mol. The summed E-state index contributed by atoms with van der Waals surface area (Å²) < 4.78 is 28.0. The molecule has 0 amide bonds. The van der Waals surface area contributed by atoms with Crippen LogP contribution >= 0.6 is 34.0 Å². The molecule has 0 spiro atoms. The number of esters is 1. The van der Waals surface area contributed by atoms with Gasteiger partial charge < -0.3 is 45.7 Å². The van der Waals surface area contributed by atoms with Crippen LogP contribution in [0.4, 0.5) is 15.4 Å². The maximum Gasteiger partial charge on any atom is 0.338 e. The number of benzene rings is 3. The Morgan fingerprint density at radius 1 is 0.709 bits per heavy atom. The van der Waals surface area contributed by atoms with Crippen molar-refractivity contribution in [3.63, 3.8) is 0 Å². The summed E-state index contributed by atoms with van der Waals surface area (Å²) in [7, 11) is -1.74. The quantitative estimate of drug-likeness (QED) is 0.0672. The predicted octanol–water partition coefficient (Wildman–Crippen LogP) is 9.74. The number of anilines is 3. The average Bonchev–Trinajstić information content (AvgIpc) is 3.88. The molecule has 0 aliphatic rings. The second-order valence-corrected chi connectivity index (χ2v) is 21.0. The van der Waals surface area contributed by atoms with Gasteiger partial charge in [0.2, 0.25) is 15.2 Å². The number of hydrogen-bond donors (Lipinski definition) is 4. The first kappa shape index (κ1) is 42.7. The van der Waals surface area contributed by atoms with Gasteiger partial charge in [-0.05, 0) is 78.6 Å². The highest BCUT2D eigenvalue weighted by molar-refractivity contribution is 7.17. The van der Waals surface area contributed by atoms with Crippen molar-refractivity contribution in [3.8, 4) is 32.4 Å². The highest BCUT2D eigenvalue weighted by atomic mass is 32.1. The van der Waals surface area contributed by atoms with Crippen LogP contribution in [-0.2, 0) is 22.4 Å². The van der Waals surface area contributed by atoms with E-state index in [2.05, 4.69) is 54.9 Å². The minimum atomic E-state index is -1.74. The molecule has 0 aliphatic heterocycles. The third-order valence-electron chi connectivity index (χ3n) is 7.89. The Bertz CT molecular complexity index is 2120. The minimum Gasteiger partial charge on any atom is -0.462 e. The van der Waals surface area contributed by atoms with Crippen LogP contribution in [-0.4, -0.2) is 41.0 Å². The Morgan fingerprint density at radius 3 is 1.56 bits per heavy atom. The summed E-state index contributed by atoms with van der Waals surface area (Å²) in [4.78, 5) is 23.3. The van der Waals surface area contributed by atoms with Crippen LogP contribution < -0.4 is 31.4 Å². The molecule has 6 rings (SSSR count). The second kappa shape index (κ2) is 20.0. The Hall–Kier alpha value is -5.04. The molecule has 0 fully saturated rings. The van der Waals surface area contributed by atoms with Crippen LogP contribution in [0.5, 0.6) is 32.4 Å². The molecule has 0 unspecified atom stereocenters. The maximum absolute atomic E-state index is 11.5. The fraction of sp³-hybridized carbons (Fsp3) is 0.263. The van der Waals surface area contributed by atoms with Crippen molar-refractivity contribution < 1.29 is 33.3 Å². The van der Waals surface area contributed by atoms with Crippen LogP contribution in [0.25, 0.3) is 0 Å². The third-order valence-corrected chi connectivity index (χ3v) is 14.5. The average molecular weight is 823 g/mol. The number of nitrogens with zero attached hydrogens (tertiary/aromatic N) is 3. The summed E-state index contributed by atoms with van der Waals surface area (Å²) in [5, 5.41) is 12.5. The molecule has 0 saturated carbocycles. The summed E-state index contributed by atoms with van der Waals surface area (Å²) >= 11 is 3.84. The van der Waals surface area contributed by atoms with Crippen LogP contribution in [0.3, 0.4) is 0 Å². The van der Waals surface area contributed by atoms with E-state index in [1.54, 1.807) is 49.6 Å². The molecule has 292 valence electrons. The lowest BCUT2D eigenvalue weighted by Crippen LogP contribution is -2.40. The third kappa shape index (κ3) is 14.0. The van der Waals surface area contributed by atoms with Crippen LogP contribution in [0.1, 0.15) is 49.2 Å². The van der Waals surface area contributed by atoms with Gasteiger partial charge in [-0.2, -0.15) is 0 Å². The van der Waals surface area contributed by atoms with E-state index in [4.69, 9.17) is 45.7 Å². The lowest BCUT2D eigenvalue weighted by molar-refractivity contribution is 0.0526. The molecule has 7 N–H and O–H groups in total. The summed E-state index contributed by atoms with van der Waals surface area (Å²) in [5.74, 6) is 1.63. The number of thiazole rings is 3. The van der Waals surface area contributed by atoms with Gasteiger partial charge in [0.15, 0.2) is 23.7 Å². The Kier molecular flexibility index (Phi) is 15.6. The van der Waals surface area contributed by atoms with Crippen molar-refractivity contribution in [1.82, 2.24) is 15.0 Å². The summed E-state index contributed by atoms with van der Waals surface area (Å²) in [6, 6.07) is 22.0. The van der Waals surface area contributed by atoms with E-state index in [1.165, 1.54) is 40.2 Å². The Labute approximate surface area is 333 Å². The largest absolute Gasteiger partial charge is 0.462 e. The van der Waals surface area contributed by atoms with E-state index in [-0.39, 0.29) is 17.6 Å². The van der Waals surface area contributed by atoms with Gasteiger partial charge in [0.05, 0.1) is 44.0 Å². The van der Waals surface area contributed by atoms with Crippen molar-refractivity contribution in [3.05, 3.63) is 108 Å². The monoisotopic (exact) mass is 822 g/mol. The van der Waals surface area contributed by atoms with E-state index in [0.717, 1.165) is 16.9 Å². The molecule has 0 atom stereocenters. The number of carbonyl (C=O) groups excluding carboxylic acids is 1. The smallest absolute Gasteiger partial charge is 0.338 e. The molecular formula is C38H46N6O7S3Si. The van der Waals surface area contributed by atoms with E-state index in [0.29, 0.717) is 60.9 Å². The molecule has 17 heteroatoms. The number of carbonyl (C=O) groups is 1. The van der Waals surface area contributed by atoms with E-state index in [1.807, 2.05) is 36.4 Å². The summed E-state index contributed by atoms with van der Waals surface area (Å²) in [6.45, 7) is 14.0. The van der Waals surface area contributed by atoms with Crippen molar-refractivity contribution in [2.75, 3.05) is 23.8 Å². The molecule has 3 heterocycles. The molecule has 6 aromatic rings. The molecule has 3 aromatic carbocycles. The lowest BCUT2D eigenvalue weighted by atomic mass is 10.2. The zero-order valence-corrected chi connectivity index (χ0v) is 34.9. The van der Waals surface area contributed by atoms with Crippen molar-refractivity contribution in [1.29, 1.82) is 0 Å². The standard InChI is InChI=1S/C16H24N2O2SSi.C12H12N2O3S.C10H10N2O2S/c1-16(2,3)22(4,5)19-11-12-7-6-8-13(9-12)20-14-10-18-15(17)21-14;1-2-16-11(15)8-4-3-5-9(6-8)17-10-7-14-12(13)18-10;11-10-12-5-9(15-10)14-8-3-1-2-7(4-8)6-13/h6-10H,11H2,1-5H3,(H2,17,18);3-7H,2H2,1H3,(H2,13,14);1-5,13H,6H2,(H2,11,12). The summed E-state index contributed by atoms with van der Waals surface area (Å²) in [6.07, 6.45) is 4.75. The van der Waals surface area contributed by atoms with Gasteiger partial charge in [-0.3, -0.25) is 0 Å². The van der Waals surface area contributed by atoms with Crippen molar-refractivity contribution in [2.24, 2.45) is 0 Å². The van der Waals surface area contributed by atoms with Gasteiger partial charge in [0, 0.05) is 0 Å². The molecule has 13 nitrogen and oxygen atoms in total. The van der Waals surface area contributed by atoms with Crippen LogP contribution in [0.15, 0.2) is 91.4 Å². The number of nitrogen functional groups attached to an aromatic ring is 3. The number of aliphatic hydroxyl groups is 1. The number of aromatic nitrogens is 3. The fourth-order valence-corrected chi connectivity index (χ4v) is 6.72. The fourth-order valence-electron chi connectivity index (χ4n) is 4.09. The van der Waals surface area contributed by atoms with Crippen molar-refractivity contribution >= 4 is 63.7 Å². The first-order valence-electron chi connectivity index (χ1n) is 17.0. The lowest BCUT2D eigenvalue weighted by Gasteiger charge is -2.36. The SMILES string of the molecule is CC(C)(C)[Si](C)(C)OCc1cccc(Oc2cnc(N)s2)c1.CCOC(=O)c1cccc(Oc2cnc(N)s2)c1.Nc1ncc(Oc2cccc(CO)c2)s1. The van der Waals surface area contributed by atoms with E-state index < -0.39 is 8.32 Å². The van der Waals surface area contributed by atoms with E-state index >= 15 is 0 Å². The maximum atomic E-state index is 11.5. The molecule has 0 saturated heterocycles. The zero-order chi connectivity index (χ0) is 40.0. The van der Waals surface area contributed by atoms with Gasteiger partial charge in [-0.25, -0.2) is 19.7 Å². The number of ether oxygens (including phenoxy) is 4. The van der Waals surface area contributed by atoms with E-state index in [9.17, 15) is 4.79 Å². The number of nitrogens with two attached hydrogens (primary N) is 3. The van der Waals surface area contributed by atoms with Gasteiger partial charge >= 0.3 is 5.97 Å². The highest BCUT2D eigenvalue weighted by Crippen LogP contribution is 2.37. The van der Waals surface area contributed by atoms with Gasteiger partial charge in [-0.15, -0.1) is 0 Å². The first-order chi connectivity index (χ1) is 26.1. The second-order valence-electron chi connectivity index (χ2n) is 13.1. The number of aliphatic hydroxyl groups excluding tert-OH is 1. The van der Waals surface area contributed by atoms with Crippen molar-refractivity contribution in [2.45, 2.75) is 59.0 Å². The Morgan fingerprint density at radius 2 is 1.15 bits per heavy atom. The van der Waals surface area contributed by atoms with Gasteiger partial charge in [0.25, 0.3) is 0 Å². The highest BCUT2D eigenvalue weighted by Gasteiger charge is 2.37. The van der Waals surface area contributed by atoms with Gasteiger partial charge in [0.1, 0.15) is 17.2 Å². The van der Waals surface area contributed by atoms with Crippen LogP contribution in [0, 0.1) is 0 Å². The zero-order valence-electron chi connectivity index (χ0n) is 31.5. The van der Waals surface area contributed by atoms with Crippen LogP contribution in [0.2, 0.25) is 18.1 Å². The molecule has 0 radical (unpaired) electrons. The number of rotatable bonds is 12. The minimum absolute atomic E-state index is 0.00201. The molecular weight excluding hydrogens is 777 g/mol. The molecule has 3 aromatic heterocycles. The van der Waals surface area contributed by atoms with Gasteiger partial charge in [-0.1, -0.05) is 85.1 Å². The Balaban J connectivity index is 0.000000187. The molecule has 0 aliphatic carbocycles. The number of hydrogen-bond acceptors (Lipinski definition) is 16. The molecule has 0 bridgehead atoms.